The van der Waals surface area contributed by atoms with Gasteiger partial charge in [0.05, 0.1) is 18.4 Å². The molecule has 2 atom stereocenters. The number of nitrogens with zero attached hydrogens (tertiary/aromatic N) is 3. The average molecular weight is 444 g/mol. The molecule has 0 aromatic carbocycles. The smallest absolute Gasteiger partial charge is 0.213 e. The van der Waals surface area contributed by atoms with Gasteiger partial charge in [0, 0.05) is 39.3 Å². The van der Waals surface area contributed by atoms with Gasteiger partial charge in [-0.05, 0) is 64.5 Å². The molecule has 3 rings (SSSR count). The van der Waals surface area contributed by atoms with Gasteiger partial charge in [-0.1, -0.05) is 6.42 Å². The van der Waals surface area contributed by atoms with Crippen LogP contribution in [0.3, 0.4) is 0 Å². The lowest BCUT2D eigenvalue weighted by atomic mass is 10.1. The molecule has 0 saturated carbocycles. The standard InChI is InChI=1S/C21H41N5O3S/c1-2-22-21(26-13-9-19(18-26)17-25-11-5-3-6-12-25)23-10-15-30(27,28)24-16-20-8-4-7-14-29-20/h19-20,24H,2-18H2,1H3,(H,22,23). The van der Waals surface area contributed by atoms with Gasteiger partial charge in [0.1, 0.15) is 0 Å². The first kappa shape index (κ1) is 23.8. The molecule has 3 saturated heterocycles. The Morgan fingerprint density at radius 3 is 2.67 bits per heavy atom. The first-order valence-electron chi connectivity index (χ1n) is 11.9. The third-order valence-electron chi connectivity index (χ3n) is 6.31. The van der Waals surface area contributed by atoms with Crippen molar-refractivity contribution < 1.29 is 13.2 Å². The zero-order chi connectivity index (χ0) is 21.2. The number of hydrogen-bond donors (Lipinski definition) is 2. The minimum Gasteiger partial charge on any atom is -0.377 e. The summed E-state index contributed by atoms with van der Waals surface area (Å²) in [7, 11) is -3.34. The number of rotatable bonds is 9. The first-order valence-corrected chi connectivity index (χ1v) is 13.6. The number of aliphatic imine (C=N–C) groups is 1. The van der Waals surface area contributed by atoms with Gasteiger partial charge in [0.2, 0.25) is 10.0 Å². The Labute approximate surface area is 182 Å². The molecule has 0 spiro atoms. The molecule has 3 aliphatic rings. The highest BCUT2D eigenvalue weighted by Crippen LogP contribution is 2.20. The summed E-state index contributed by atoms with van der Waals surface area (Å²) >= 11 is 0. The van der Waals surface area contributed by atoms with E-state index in [-0.39, 0.29) is 18.4 Å². The molecule has 0 aromatic rings. The van der Waals surface area contributed by atoms with Crippen molar-refractivity contribution in [2.75, 3.05) is 64.7 Å². The quantitative estimate of drug-likeness (QED) is 0.412. The van der Waals surface area contributed by atoms with Crippen molar-refractivity contribution in [2.24, 2.45) is 10.9 Å². The molecule has 8 nitrogen and oxygen atoms in total. The molecule has 30 heavy (non-hydrogen) atoms. The fourth-order valence-electron chi connectivity index (χ4n) is 4.64. The second-order valence-electron chi connectivity index (χ2n) is 8.85. The molecule has 3 aliphatic heterocycles. The number of nitrogens with one attached hydrogen (secondary N) is 2. The lowest BCUT2D eigenvalue weighted by molar-refractivity contribution is 0.0200. The van der Waals surface area contributed by atoms with Crippen molar-refractivity contribution in [2.45, 2.75) is 58.0 Å². The molecule has 3 fully saturated rings. The van der Waals surface area contributed by atoms with Crippen LogP contribution in [0.15, 0.2) is 4.99 Å². The number of piperidine rings is 1. The van der Waals surface area contributed by atoms with Crippen LogP contribution in [0.1, 0.15) is 51.9 Å². The average Bonchev–Trinajstić information content (AvgIpc) is 3.21. The van der Waals surface area contributed by atoms with Crippen LogP contribution in [0, 0.1) is 5.92 Å². The van der Waals surface area contributed by atoms with E-state index >= 15 is 0 Å². The summed E-state index contributed by atoms with van der Waals surface area (Å²) in [4.78, 5) is 9.53. The van der Waals surface area contributed by atoms with Gasteiger partial charge in [-0.25, -0.2) is 13.1 Å². The summed E-state index contributed by atoms with van der Waals surface area (Å²) < 4.78 is 33.0. The van der Waals surface area contributed by atoms with Crippen LogP contribution < -0.4 is 10.0 Å². The van der Waals surface area contributed by atoms with Gasteiger partial charge in [-0.15, -0.1) is 0 Å². The number of hydrogen-bond acceptors (Lipinski definition) is 5. The van der Waals surface area contributed by atoms with Crippen LogP contribution in [-0.2, 0) is 14.8 Å². The number of likely N-dealkylation sites (tertiary alicyclic amines) is 2. The van der Waals surface area contributed by atoms with Gasteiger partial charge < -0.3 is 19.9 Å². The van der Waals surface area contributed by atoms with Crippen LogP contribution in [0.4, 0.5) is 0 Å². The molecule has 2 N–H and O–H groups in total. The molecule has 2 unspecified atom stereocenters. The summed E-state index contributed by atoms with van der Waals surface area (Å²) in [6.07, 6.45) is 8.33. The zero-order valence-electron chi connectivity index (χ0n) is 18.7. The van der Waals surface area contributed by atoms with Gasteiger partial charge in [0.25, 0.3) is 0 Å². The fraction of sp³-hybridized carbons (Fsp3) is 0.952. The van der Waals surface area contributed by atoms with E-state index in [1.54, 1.807) is 0 Å². The maximum Gasteiger partial charge on any atom is 0.213 e. The highest BCUT2D eigenvalue weighted by Gasteiger charge is 2.27. The number of sulfonamides is 1. The van der Waals surface area contributed by atoms with E-state index in [4.69, 9.17) is 4.74 Å². The second kappa shape index (κ2) is 12.2. The Hall–Kier alpha value is -0.900. The maximum absolute atomic E-state index is 12.3. The van der Waals surface area contributed by atoms with E-state index in [0.29, 0.717) is 12.5 Å². The molecular weight excluding hydrogens is 402 g/mol. The highest BCUT2D eigenvalue weighted by molar-refractivity contribution is 7.89. The van der Waals surface area contributed by atoms with Crippen molar-refractivity contribution >= 4 is 16.0 Å². The van der Waals surface area contributed by atoms with Gasteiger partial charge in [-0.3, -0.25) is 4.99 Å². The molecule has 0 aliphatic carbocycles. The minimum atomic E-state index is -3.34. The van der Waals surface area contributed by atoms with E-state index in [2.05, 4.69) is 31.8 Å². The molecular formula is C21H41N5O3S. The molecule has 0 bridgehead atoms. The van der Waals surface area contributed by atoms with E-state index in [0.717, 1.165) is 51.5 Å². The summed E-state index contributed by atoms with van der Waals surface area (Å²) in [5, 5.41) is 3.35. The van der Waals surface area contributed by atoms with Crippen LogP contribution in [0.5, 0.6) is 0 Å². The lowest BCUT2D eigenvalue weighted by Crippen LogP contribution is -2.42. The van der Waals surface area contributed by atoms with E-state index < -0.39 is 10.0 Å². The van der Waals surface area contributed by atoms with Gasteiger partial charge in [-0.2, -0.15) is 0 Å². The van der Waals surface area contributed by atoms with Crippen LogP contribution in [0.2, 0.25) is 0 Å². The molecule has 0 amide bonds. The van der Waals surface area contributed by atoms with E-state index in [1.807, 2.05) is 0 Å². The largest absolute Gasteiger partial charge is 0.377 e. The SMILES string of the molecule is CCNC(=NCCS(=O)(=O)NCC1CCCCO1)N1CCC(CN2CCCCC2)C1. The predicted molar refractivity (Wildman–Crippen MR) is 121 cm³/mol. The summed E-state index contributed by atoms with van der Waals surface area (Å²) in [6.45, 7) is 9.88. The van der Waals surface area contributed by atoms with Crippen molar-refractivity contribution in [3.8, 4) is 0 Å². The fourth-order valence-corrected chi connectivity index (χ4v) is 5.56. The number of ether oxygens (including phenoxy) is 1. The predicted octanol–water partition coefficient (Wildman–Crippen LogP) is 1.25. The van der Waals surface area contributed by atoms with Crippen molar-refractivity contribution in [1.29, 1.82) is 0 Å². The Bertz CT molecular complexity index is 631. The van der Waals surface area contributed by atoms with Crippen molar-refractivity contribution in [3.63, 3.8) is 0 Å². The minimum absolute atomic E-state index is 0.00998. The Morgan fingerprint density at radius 1 is 1.10 bits per heavy atom. The topological polar surface area (TPSA) is 86.3 Å². The van der Waals surface area contributed by atoms with Crippen LogP contribution in [0.25, 0.3) is 0 Å². The Balaban J connectivity index is 1.43. The van der Waals surface area contributed by atoms with Crippen LogP contribution in [-0.4, -0.2) is 95.0 Å². The highest BCUT2D eigenvalue weighted by atomic mass is 32.2. The maximum atomic E-state index is 12.3. The summed E-state index contributed by atoms with van der Waals surface area (Å²) in [5.41, 5.74) is 0. The lowest BCUT2D eigenvalue weighted by Gasteiger charge is -2.29. The number of guanidine groups is 1. The molecule has 9 heteroatoms. The van der Waals surface area contributed by atoms with Crippen molar-refractivity contribution in [3.05, 3.63) is 0 Å². The summed E-state index contributed by atoms with van der Waals surface area (Å²) in [5.74, 6) is 1.54. The van der Waals surface area contributed by atoms with E-state index in [9.17, 15) is 8.42 Å². The molecule has 0 aromatic heterocycles. The zero-order valence-corrected chi connectivity index (χ0v) is 19.5. The second-order valence-corrected chi connectivity index (χ2v) is 10.8. The van der Waals surface area contributed by atoms with Gasteiger partial charge in [0.15, 0.2) is 5.96 Å². The molecule has 174 valence electrons. The summed E-state index contributed by atoms with van der Waals surface area (Å²) in [6, 6.07) is 0. The van der Waals surface area contributed by atoms with Crippen LogP contribution >= 0.6 is 0 Å². The monoisotopic (exact) mass is 443 g/mol. The normalized spacial score (nSPS) is 26.8. The van der Waals surface area contributed by atoms with Crippen molar-refractivity contribution in [1.82, 2.24) is 19.8 Å². The third-order valence-corrected chi connectivity index (χ3v) is 7.64. The Kier molecular flexibility index (Phi) is 9.67. The first-order chi connectivity index (χ1) is 14.6. The third kappa shape index (κ3) is 7.98. The molecule has 3 heterocycles. The molecule has 0 radical (unpaired) electrons. The Morgan fingerprint density at radius 2 is 1.93 bits per heavy atom. The van der Waals surface area contributed by atoms with E-state index in [1.165, 1.54) is 45.3 Å². The van der Waals surface area contributed by atoms with Gasteiger partial charge >= 0.3 is 0 Å².